The maximum absolute atomic E-state index is 12.0. The molecule has 0 radical (unpaired) electrons. The molecular formula is C25H30ClN3O3. The van der Waals surface area contributed by atoms with E-state index < -0.39 is 0 Å². The Labute approximate surface area is 195 Å². The number of fused-ring (bicyclic) bond motifs is 1. The molecule has 0 bridgehead atoms. The van der Waals surface area contributed by atoms with E-state index in [0.29, 0.717) is 5.56 Å². The van der Waals surface area contributed by atoms with E-state index >= 15 is 0 Å². The lowest BCUT2D eigenvalue weighted by molar-refractivity contribution is -0.119. The molecule has 0 aromatic heterocycles. The van der Waals surface area contributed by atoms with Crippen LogP contribution in [0.3, 0.4) is 0 Å². The summed E-state index contributed by atoms with van der Waals surface area (Å²) in [5.41, 5.74) is 2.57. The smallest absolute Gasteiger partial charge is 0.217 e. The monoisotopic (exact) mass is 455 g/mol. The molecule has 170 valence electrons. The molecule has 1 amide bonds. The van der Waals surface area contributed by atoms with Crippen LogP contribution in [-0.4, -0.2) is 31.7 Å². The van der Waals surface area contributed by atoms with Gasteiger partial charge in [0.1, 0.15) is 17.1 Å². The summed E-state index contributed by atoms with van der Waals surface area (Å²) in [7, 11) is 1.67. The van der Waals surface area contributed by atoms with E-state index in [4.69, 9.17) is 14.7 Å². The summed E-state index contributed by atoms with van der Waals surface area (Å²) in [5.74, 6) is 1.87. The fourth-order valence-corrected chi connectivity index (χ4v) is 4.90. The zero-order valence-electron chi connectivity index (χ0n) is 18.5. The van der Waals surface area contributed by atoms with Crippen LogP contribution in [0.5, 0.6) is 11.5 Å². The van der Waals surface area contributed by atoms with Crippen molar-refractivity contribution in [2.75, 3.05) is 20.2 Å². The van der Waals surface area contributed by atoms with Gasteiger partial charge >= 0.3 is 0 Å². The van der Waals surface area contributed by atoms with Crippen molar-refractivity contribution in [2.24, 2.45) is 0 Å². The predicted molar refractivity (Wildman–Crippen MR) is 125 cm³/mol. The Morgan fingerprint density at radius 3 is 2.62 bits per heavy atom. The number of ether oxygens (including phenoxy) is 2. The molecule has 2 N–H and O–H groups in total. The first-order valence-corrected chi connectivity index (χ1v) is 10.9. The zero-order valence-corrected chi connectivity index (χ0v) is 19.3. The molecule has 2 aliphatic rings. The lowest BCUT2D eigenvalue weighted by Gasteiger charge is -2.45. The fraction of sp³-hybridized carbons (Fsp3) is 0.440. The van der Waals surface area contributed by atoms with Crippen molar-refractivity contribution in [1.82, 2.24) is 10.6 Å². The van der Waals surface area contributed by atoms with Crippen molar-refractivity contribution >= 4 is 18.3 Å². The van der Waals surface area contributed by atoms with Crippen molar-refractivity contribution in [3.63, 3.8) is 0 Å². The SMILES string of the molecule is COc1ccc2c(c1)[C@@H](CC(NC(C)=O)c1ccc(C#N)cc1)CC1(CCNCC1)O2.Cl. The molecule has 4 rings (SSSR count). The highest BCUT2D eigenvalue weighted by molar-refractivity contribution is 5.85. The number of benzene rings is 2. The van der Waals surface area contributed by atoms with Crippen molar-refractivity contribution in [1.29, 1.82) is 5.26 Å². The summed E-state index contributed by atoms with van der Waals surface area (Å²) in [5, 5.41) is 15.7. The van der Waals surface area contributed by atoms with Crippen molar-refractivity contribution in [3.8, 4) is 17.6 Å². The maximum atomic E-state index is 12.0. The van der Waals surface area contributed by atoms with Gasteiger partial charge in [-0.05, 0) is 80.6 Å². The standard InChI is InChI=1S/C25H29N3O3.ClH/c1-17(29)28-23(19-5-3-18(16-26)4-6-19)13-20-15-25(9-11-27-12-10-25)31-24-8-7-21(30-2)14-22(20)24;/h3-8,14,20,23,27H,9-13,15H2,1-2H3,(H,28,29);1H/t20-,23?;/m0./s1. The average Bonchev–Trinajstić information content (AvgIpc) is 2.78. The number of nitrogens with one attached hydrogen (secondary N) is 2. The lowest BCUT2D eigenvalue weighted by atomic mass is 9.75. The first-order chi connectivity index (χ1) is 15.0. The molecule has 7 heteroatoms. The highest BCUT2D eigenvalue weighted by Gasteiger charge is 2.42. The number of hydrogen-bond acceptors (Lipinski definition) is 5. The maximum Gasteiger partial charge on any atom is 0.217 e. The second kappa shape index (κ2) is 10.2. The molecule has 0 aliphatic carbocycles. The third kappa shape index (κ3) is 5.17. The van der Waals surface area contributed by atoms with Gasteiger partial charge in [0.15, 0.2) is 0 Å². The first-order valence-electron chi connectivity index (χ1n) is 10.9. The van der Waals surface area contributed by atoms with Gasteiger partial charge in [-0.2, -0.15) is 5.26 Å². The van der Waals surface area contributed by atoms with Gasteiger partial charge in [0.25, 0.3) is 0 Å². The van der Waals surface area contributed by atoms with Crippen LogP contribution in [0.2, 0.25) is 0 Å². The van der Waals surface area contributed by atoms with Crippen LogP contribution in [0.25, 0.3) is 0 Å². The predicted octanol–water partition coefficient (Wildman–Crippen LogP) is 4.24. The van der Waals surface area contributed by atoms with Crippen molar-refractivity contribution in [3.05, 3.63) is 59.2 Å². The average molecular weight is 456 g/mol. The highest BCUT2D eigenvalue weighted by atomic mass is 35.5. The highest BCUT2D eigenvalue weighted by Crippen LogP contribution is 2.48. The number of nitrogens with zero attached hydrogens (tertiary/aromatic N) is 1. The van der Waals surface area contributed by atoms with Gasteiger partial charge in [-0.1, -0.05) is 12.1 Å². The largest absolute Gasteiger partial charge is 0.497 e. The van der Waals surface area contributed by atoms with Crippen molar-refractivity contribution in [2.45, 2.75) is 50.2 Å². The Morgan fingerprint density at radius 1 is 1.28 bits per heavy atom. The van der Waals surface area contributed by atoms with Crippen LogP contribution in [0, 0.1) is 11.3 Å². The first kappa shape index (κ1) is 23.9. The second-order valence-electron chi connectivity index (χ2n) is 8.56. The summed E-state index contributed by atoms with van der Waals surface area (Å²) < 4.78 is 12.0. The van der Waals surface area contributed by atoms with Crippen LogP contribution >= 0.6 is 12.4 Å². The molecule has 2 atom stereocenters. The number of rotatable bonds is 5. The molecule has 0 saturated carbocycles. The van der Waals surface area contributed by atoms with Gasteiger partial charge in [0.2, 0.25) is 5.91 Å². The van der Waals surface area contributed by atoms with Crippen molar-refractivity contribution < 1.29 is 14.3 Å². The van der Waals surface area contributed by atoms with Gasteiger partial charge in [0.05, 0.1) is 24.8 Å². The Balaban J connectivity index is 0.00000289. The van der Waals surface area contributed by atoms with E-state index in [-0.39, 0.29) is 35.9 Å². The van der Waals surface area contributed by atoms with E-state index in [9.17, 15) is 4.79 Å². The lowest BCUT2D eigenvalue weighted by Crippen LogP contribution is -2.49. The number of carbonyl (C=O) groups excluding carboxylic acids is 1. The topological polar surface area (TPSA) is 83.4 Å². The molecule has 1 fully saturated rings. The molecule has 2 aliphatic heterocycles. The number of hydrogen-bond donors (Lipinski definition) is 2. The summed E-state index contributed by atoms with van der Waals surface area (Å²) in [6.07, 6.45) is 3.60. The summed E-state index contributed by atoms with van der Waals surface area (Å²) in [6.45, 7) is 3.44. The molecule has 6 nitrogen and oxygen atoms in total. The molecule has 2 aromatic rings. The number of halogens is 1. The Hall–Kier alpha value is -2.75. The minimum absolute atomic E-state index is 0. The van der Waals surface area contributed by atoms with E-state index in [1.807, 2.05) is 24.3 Å². The molecule has 1 spiro atoms. The quantitative estimate of drug-likeness (QED) is 0.704. The third-order valence-electron chi connectivity index (χ3n) is 6.46. The number of methoxy groups -OCH3 is 1. The molecule has 2 heterocycles. The van der Waals surface area contributed by atoms with Crippen LogP contribution in [0.15, 0.2) is 42.5 Å². The Morgan fingerprint density at radius 2 is 2.00 bits per heavy atom. The minimum atomic E-state index is -0.178. The number of amides is 1. The van der Waals surface area contributed by atoms with E-state index in [2.05, 4.69) is 22.8 Å². The summed E-state index contributed by atoms with van der Waals surface area (Å²) in [4.78, 5) is 12.0. The van der Waals surface area contributed by atoms with Gasteiger partial charge in [0, 0.05) is 12.5 Å². The van der Waals surface area contributed by atoms with Gasteiger partial charge in [-0.25, -0.2) is 0 Å². The van der Waals surface area contributed by atoms with Crippen LogP contribution in [0.1, 0.15) is 61.3 Å². The number of carbonyl (C=O) groups is 1. The Kier molecular flexibility index (Phi) is 7.65. The zero-order chi connectivity index (χ0) is 21.8. The van der Waals surface area contributed by atoms with Gasteiger partial charge in [-0.3, -0.25) is 4.79 Å². The van der Waals surface area contributed by atoms with E-state index in [1.54, 1.807) is 26.2 Å². The third-order valence-corrected chi connectivity index (χ3v) is 6.46. The summed E-state index contributed by atoms with van der Waals surface area (Å²) >= 11 is 0. The van der Waals surface area contributed by atoms with Crippen LogP contribution < -0.4 is 20.1 Å². The number of nitriles is 1. The molecule has 1 unspecified atom stereocenters. The van der Waals surface area contributed by atoms with Gasteiger partial charge < -0.3 is 20.1 Å². The van der Waals surface area contributed by atoms with Crippen LogP contribution in [-0.2, 0) is 4.79 Å². The van der Waals surface area contributed by atoms with Crippen LogP contribution in [0.4, 0.5) is 0 Å². The molecule has 2 aromatic carbocycles. The normalized spacial score (nSPS) is 19.5. The molecule has 1 saturated heterocycles. The molecular weight excluding hydrogens is 426 g/mol. The molecule has 32 heavy (non-hydrogen) atoms. The summed E-state index contributed by atoms with van der Waals surface area (Å²) in [6, 6.07) is 15.5. The number of piperidine rings is 1. The minimum Gasteiger partial charge on any atom is -0.497 e. The van der Waals surface area contributed by atoms with Gasteiger partial charge in [-0.15, -0.1) is 12.4 Å². The van der Waals surface area contributed by atoms with E-state index in [1.165, 1.54) is 0 Å². The second-order valence-corrected chi connectivity index (χ2v) is 8.56. The Bertz CT molecular complexity index is 981. The van der Waals surface area contributed by atoms with E-state index in [0.717, 1.165) is 61.4 Å². The fourth-order valence-electron chi connectivity index (χ4n) is 4.90.